The Balaban J connectivity index is 2.03. The number of hydrogen-bond donors (Lipinski definition) is 1. The van der Waals surface area contributed by atoms with E-state index >= 15 is 0 Å². The average molecular weight is 198 g/mol. The average Bonchev–Trinajstić information content (AvgIpc) is 2.74. The maximum Gasteiger partial charge on any atom is 0.123 e. The van der Waals surface area contributed by atoms with E-state index in [4.69, 9.17) is 5.73 Å². The molecule has 0 amide bonds. The van der Waals surface area contributed by atoms with Crippen LogP contribution in [-0.4, -0.2) is 14.5 Å². The Morgan fingerprint density at radius 2 is 2.33 bits per heavy atom. The van der Waals surface area contributed by atoms with Gasteiger partial charge >= 0.3 is 0 Å². The Bertz CT molecular complexity index is 474. The summed E-state index contributed by atoms with van der Waals surface area (Å²) in [5.74, 6) is 6.52. The van der Waals surface area contributed by atoms with E-state index in [1.165, 1.54) is 0 Å². The molecule has 0 saturated heterocycles. The van der Waals surface area contributed by atoms with Crippen molar-refractivity contribution in [1.29, 1.82) is 0 Å². The van der Waals surface area contributed by atoms with Gasteiger partial charge in [0.25, 0.3) is 0 Å². The van der Waals surface area contributed by atoms with Gasteiger partial charge in [-0.2, -0.15) is 0 Å². The van der Waals surface area contributed by atoms with Crippen LogP contribution in [0.4, 0.5) is 5.82 Å². The molecule has 2 N–H and O–H groups in total. The molecule has 0 bridgehead atoms. The zero-order valence-corrected chi connectivity index (χ0v) is 8.09. The number of nitrogens with two attached hydrogens (primary N) is 1. The first-order valence-corrected chi connectivity index (χ1v) is 4.51. The SMILES string of the molecule is Nc1ccc(C#CCn2ccnc2)cn1. The summed E-state index contributed by atoms with van der Waals surface area (Å²) in [4.78, 5) is 7.88. The third kappa shape index (κ3) is 2.58. The molecule has 0 fully saturated rings. The number of nitrogens with zero attached hydrogens (tertiary/aromatic N) is 3. The number of anilines is 1. The topological polar surface area (TPSA) is 56.7 Å². The van der Waals surface area contributed by atoms with Crippen LogP contribution in [0.15, 0.2) is 37.1 Å². The summed E-state index contributed by atoms with van der Waals surface area (Å²) in [5, 5.41) is 0. The van der Waals surface area contributed by atoms with Gasteiger partial charge < -0.3 is 10.3 Å². The lowest BCUT2D eigenvalue weighted by molar-refractivity contribution is 0.840. The second kappa shape index (κ2) is 4.29. The summed E-state index contributed by atoms with van der Waals surface area (Å²) >= 11 is 0. The van der Waals surface area contributed by atoms with Gasteiger partial charge in [0, 0.05) is 24.2 Å². The van der Waals surface area contributed by atoms with Crippen LogP contribution < -0.4 is 5.73 Å². The number of aromatic nitrogens is 3. The van der Waals surface area contributed by atoms with Crippen molar-refractivity contribution in [2.75, 3.05) is 5.73 Å². The number of imidazole rings is 1. The summed E-state index contributed by atoms with van der Waals surface area (Å²) in [5.41, 5.74) is 6.33. The van der Waals surface area contributed by atoms with Gasteiger partial charge in [-0.1, -0.05) is 11.8 Å². The molecule has 2 rings (SSSR count). The van der Waals surface area contributed by atoms with Crippen LogP contribution in [0, 0.1) is 11.8 Å². The normalized spacial score (nSPS) is 9.33. The molecular formula is C11H10N4. The molecule has 2 aromatic rings. The van der Waals surface area contributed by atoms with E-state index in [-0.39, 0.29) is 0 Å². The van der Waals surface area contributed by atoms with Crippen molar-refractivity contribution in [2.24, 2.45) is 0 Å². The maximum atomic E-state index is 5.46. The van der Waals surface area contributed by atoms with Gasteiger partial charge in [-0.15, -0.1) is 0 Å². The summed E-state index contributed by atoms with van der Waals surface area (Å²) in [6.45, 7) is 0.629. The molecule has 2 heterocycles. The van der Waals surface area contributed by atoms with Crippen LogP contribution in [0.3, 0.4) is 0 Å². The molecule has 74 valence electrons. The van der Waals surface area contributed by atoms with Gasteiger partial charge in [0.05, 0.1) is 12.9 Å². The van der Waals surface area contributed by atoms with E-state index < -0.39 is 0 Å². The minimum absolute atomic E-state index is 0.509. The number of rotatable bonds is 1. The first kappa shape index (κ1) is 9.28. The van der Waals surface area contributed by atoms with Crippen molar-refractivity contribution in [3.8, 4) is 11.8 Å². The maximum absolute atomic E-state index is 5.46. The number of pyridine rings is 1. The molecule has 4 heteroatoms. The highest BCUT2D eigenvalue weighted by atomic mass is 15.0. The second-order valence-electron chi connectivity index (χ2n) is 3.01. The molecule has 0 atom stereocenters. The summed E-state index contributed by atoms with van der Waals surface area (Å²) < 4.78 is 1.90. The molecule has 4 nitrogen and oxygen atoms in total. The van der Waals surface area contributed by atoms with E-state index in [9.17, 15) is 0 Å². The predicted molar refractivity (Wildman–Crippen MR) is 57.8 cm³/mol. The van der Waals surface area contributed by atoms with Gasteiger partial charge in [0.2, 0.25) is 0 Å². The van der Waals surface area contributed by atoms with Crippen molar-refractivity contribution in [1.82, 2.24) is 14.5 Å². The quantitative estimate of drug-likeness (QED) is 0.693. The Morgan fingerprint density at radius 1 is 1.40 bits per heavy atom. The minimum atomic E-state index is 0.509. The van der Waals surface area contributed by atoms with Gasteiger partial charge in [0.1, 0.15) is 5.82 Å². The van der Waals surface area contributed by atoms with Crippen molar-refractivity contribution in [3.05, 3.63) is 42.6 Å². The van der Waals surface area contributed by atoms with E-state index in [1.54, 1.807) is 24.8 Å². The molecule has 0 unspecified atom stereocenters. The summed E-state index contributed by atoms with van der Waals surface area (Å²) in [7, 11) is 0. The second-order valence-corrected chi connectivity index (χ2v) is 3.01. The van der Waals surface area contributed by atoms with Gasteiger partial charge in [0.15, 0.2) is 0 Å². The minimum Gasteiger partial charge on any atom is -0.384 e. The molecule has 0 aliphatic rings. The van der Waals surface area contributed by atoms with E-state index in [0.29, 0.717) is 12.4 Å². The lowest BCUT2D eigenvalue weighted by Gasteiger charge is -1.92. The standard InChI is InChI=1S/C11H10N4/c12-11-4-3-10(8-14-11)2-1-6-15-7-5-13-9-15/h3-5,7-9H,6H2,(H2,12,14). The smallest absolute Gasteiger partial charge is 0.123 e. The molecular weight excluding hydrogens is 188 g/mol. The van der Waals surface area contributed by atoms with Crippen molar-refractivity contribution in [2.45, 2.75) is 6.54 Å². The highest BCUT2D eigenvalue weighted by Gasteiger charge is 1.87. The summed E-state index contributed by atoms with van der Waals surface area (Å²) in [6, 6.07) is 3.59. The van der Waals surface area contributed by atoms with Crippen molar-refractivity contribution < 1.29 is 0 Å². The fourth-order valence-electron chi connectivity index (χ4n) is 1.09. The third-order valence-corrected chi connectivity index (χ3v) is 1.84. The number of hydrogen-bond acceptors (Lipinski definition) is 3. The molecule has 2 aromatic heterocycles. The van der Waals surface area contributed by atoms with E-state index in [2.05, 4.69) is 21.8 Å². The Labute approximate surface area is 87.8 Å². The Hall–Kier alpha value is -2.28. The van der Waals surface area contributed by atoms with Crippen LogP contribution in [0.2, 0.25) is 0 Å². The fourth-order valence-corrected chi connectivity index (χ4v) is 1.09. The fraction of sp³-hybridized carbons (Fsp3) is 0.0909. The Kier molecular flexibility index (Phi) is 2.65. The van der Waals surface area contributed by atoms with Crippen molar-refractivity contribution in [3.63, 3.8) is 0 Å². The molecule has 0 spiro atoms. The zero-order chi connectivity index (χ0) is 10.5. The lowest BCUT2D eigenvalue weighted by Crippen LogP contribution is -1.91. The monoisotopic (exact) mass is 198 g/mol. The molecule has 0 aliphatic heterocycles. The molecule has 15 heavy (non-hydrogen) atoms. The van der Waals surface area contributed by atoms with Crippen LogP contribution in [0.5, 0.6) is 0 Å². The van der Waals surface area contributed by atoms with Gasteiger partial charge in [-0.05, 0) is 12.1 Å². The predicted octanol–water partition coefficient (Wildman–Crippen LogP) is 0.912. The van der Waals surface area contributed by atoms with Crippen LogP contribution in [0.25, 0.3) is 0 Å². The van der Waals surface area contributed by atoms with Crippen LogP contribution in [-0.2, 0) is 6.54 Å². The molecule has 0 aliphatic carbocycles. The molecule has 0 radical (unpaired) electrons. The largest absolute Gasteiger partial charge is 0.384 e. The van der Waals surface area contributed by atoms with E-state index in [0.717, 1.165) is 5.56 Å². The highest BCUT2D eigenvalue weighted by molar-refractivity contribution is 5.37. The van der Waals surface area contributed by atoms with Crippen LogP contribution in [0.1, 0.15) is 5.56 Å². The first-order valence-electron chi connectivity index (χ1n) is 4.51. The first-order chi connectivity index (χ1) is 7.34. The summed E-state index contributed by atoms with van der Waals surface area (Å²) in [6.07, 6.45) is 6.99. The van der Waals surface area contributed by atoms with Crippen molar-refractivity contribution >= 4 is 5.82 Å². The Morgan fingerprint density at radius 3 is 3.00 bits per heavy atom. The van der Waals surface area contributed by atoms with E-state index in [1.807, 2.05) is 16.8 Å². The van der Waals surface area contributed by atoms with Gasteiger partial charge in [-0.3, -0.25) is 0 Å². The lowest BCUT2D eigenvalue weighted by atomic mass is 10.3. The van der Waals surface area contributed by atoms with Gasteiger partial charge in [-0.25, -0.2) is 9.97 Å². The molecule has 0 aromatic carbocycles. The molecule has 0 saturated carbocycles. The highest BCUT2D eigenvalue weighted by Crippen LogP contribution is 1.98. The third-order valence-electron chi connectivity index (χ3n) is 1.84. The number of nitrogen functional groups attached to an aromatic ring is 1. The zero-order valence-electron chi connectivity index (χ0n) is 8.09. The van der Waals surface area contributed by atoms with Crippen LogP contribution >= 0.6 is 0 Å².